The second kappa shape index (κ2) is 27.3. The van der Waals surface area contributed by atoms with E-state index >= 15 is 0 Å². The number of morpholine rings is 1. The van der Waals surface area contributed by atoms with Gasteiger partial charge in [0, 0.05) is 24.8 Å². The topological polar surface area (TPSA) is 147 Å². The van der Waals surface area contributed by atoms with Crippen LogP contribution in [0.2, 0.25) is 0 Å². The summed E-state index contributed by atoms with van der Waals surface area (Å²) in [6.45, 7) is 7.76. The second-order valence-corrected chi connectivity index (χ2v) is 15.7. The molecule has 0 spiro atoms. The second-order valence-electron chi connectivity index (χ2n) is 15.7. The molecule has 0 saturated carbocycles. The summed E-state index contributed by atoms with van der Waals surface area (Å²) in [6.07, 6.45) is 21.3. The number of aryl methyl sites for hydroxylation is 1. The Morgan fingerprint density at radius 2 is 1.41 bits per heavy atom. The first-order valence-corrected chi connectivity index (χ1v) is 22.1. The minimum atomic E-state index is -0.698. The highest BCUT2D eigenvalue weighted by Gasteiger charge is 2.26. The fourth-order valence-corrected chi connectivity index (χ4v) is 7.09. The third kappa shape index (κ3) is 18.1. The molecule has 2 aromatic carbocycles. The summed E-state index contributed by atoms with van der Waals surface area (Å²) in [5, 5.41) is 5.80. The first-order valence-electron chi connectivity index (χ1n) is 22.1. The number of carbonyl (C=O) groups is 3. The zero-order chi connectivity index (χ0) is 42.1. The number of esters is 2. The van der Waals surface area contributed by atoms with Crippen LogP contribution in [0, 0.1) is 13.8 Å². The van der Waals surface area contributed by atoms with Gasteiger partial charge in [0.1, 0.15) is 30.9 Å². The Balaban J connectivity index is 1.05. The van der Waals surface area contributed by atoms with Crippen molar-refractivity contribution in [2.75, 3.05) is 31.6 Å². The Hall–Kier alpha value is -4.55. The third-order valence-corrected chi connectivity index (χ3v) is 10.8. The maximum Gasteiger partial charge on any atom is 0.351 e. The van der Waals surface area contributed by atoms with Crippen LogP contribution in [0.1, 0.15) is 156 Å². The number of amides is 1. The molecule has 1 amide bonds. The number of nitrogens with one attached hydrogen (secondary N) is 2. The molecule has 1 aliphatic heterocycles. The number of carbonyl (C=O) groups excluding carboxylic acids is 3. The fourth-order valence-electron chi connectivity index (χ4n) is 7.09. The minimum Gasteiger partial charge on any atom is -0.493 e. The lowest BCUT2D eigenvalue weighted by molar-refractivity contribution is -0.157. The SMILES string of the molecule is CCCCCCCCCCCCCCCCCCOc1cc(COC(=O)CCC(=O)OCC2CNCC(n3ccc(NC(=O)c4ccccc4)nc3=O)O2)cc(C)c1C. The first kappa shape index (κ1) is 47.1. The van der Waals surface area contributed by atoms with Gasteiger partial charge in [0.15, 0.2) is 6.23 Å². The van der Waals surface area contributed by atoms with Gasteiger partial charge in [0.2, 0.25) is 0 Å². The summed E-state index contributed by atoms with van der Waals surface area (Å²) in [4.78, 5) is 54.2. The van der Waals surface area contributed by atoms with Crippen LogP contribution < -0.4 is 21.1 Å². The Labute approximate surface area is 351 Å². The van der Waals surface area contributed by atoms with E-state index < -0.39 is 30.0 Å². The Kier molecular flexibility index (Phi) is 21.8. The molecule has 59 heavy (non-hydrogen) atoms. The number of unbranched alkanes of at least 4 members (excludes halogenated alkanes) is 15. The highest BCUT2D eigenvalue weighted by atomic mass is 16.6. The molecule has 1 aromatic heterocycles. The molecule has 324 valence electrons. The van der Waals surface area contributed by atoms with Gasteiger partial charge in [-0.25, -0.2) is 4.79 Å². The van der Waals surface area contributed by atoms with Crippen LogP contribution in [0.3, 0.4) is 0 Å². The molecule has 2 N–H and O–H groups in total. The Morgan fingerprint density at radius 3 is 2.03 bits per heavy atom. The molecule has 12 nitrogen and oxygen atoms in total. The predicted molar refractivity (Wildman–Crippen MR) is 231 cm³/mol. The molecule has 12 heteroatoms. The number of rotatable bonds is 28. The number of aromatic nitrogens is 2. The molecule has 2 atom stereocenters. The van der Waals surface area contributed by atoms with Gasteiger partial charge in [-0.2, -0.15) is 4.98 Å². The highest BCUT2D eigenvalue weighted by molar-refractivity contribution is 6.03. The molecule has 1 aliphatic rings. The van der Waals surface area contributed by atoms with E-state index in [0.29, 0.717) is 25.3 Å². The molecular weight excluding hydrogens is 749 g/mol. The molecule has 0 radical (unpaired) electrons. The summed E-state index contributed by atoms with van der Waals surface area (Å²) < 4.78 is 24.4. The van der Waals surface area contributed by atoms with Gasteiger partial charge < -0.3 is 29.6 Å². The largest absolute Gasteiger partial charge is 0.493 e. The van der Waals surface area contributed by atoms with Crippen molar-refractivity contribution in [3.8, 4) is 5.75 Å². The van der Waals surface area contributed by atoms with Crippen molar-refractivity contribution in [2.45, 2.75) is 155 Å². The van der Waals surface area contributed by atoms with Crippen LogP contribution in [0.15, 0.2) is 59.5 Å². The number of hydrogen-bond donors (Lipinski definition) is 2. The zero-order valence-electron chi connectivity index (χ0n) is 35.8. The van der Waals surface area contributed by atoms with Gasteiger partial charge in [0.05, 0.1) is 19.4 Å². The average Bonchev–Trinajstić information content (AvgIpc) is 3.24. The fraction of sp³-hybridized carbons (Fsp3) is 0.596. The maximum atomic E-state index is 12.8. The van der Waals surface area contributed by atoms with Gasteiger partial charge >= 0.3 is 17.6 Å². The van der Waals surface area contributed by atoms with Crippen LogP contribution in [0.4, 0.5) is 5.82 Å². The smallest absolute Gasteiger partial charge is 0.351 e. The third-order valence-electron chi connectivity index (χ3n) is 10.8. The zero-order valence-corrected chi connectivity index (χ0v) is 35.8. The molecule has 0 aliphatic carbocycles. The van der Waals surface area contributed by atoms with E-state index in [1.807, 2.05) is 26.0 Å². The van der Waals surface area contributed by atoms with E-state index in [1.54, 1.807) is 30.3 Å². The Bertz CT molecular complexity index is 1760. The Morgan fingerprint density at radius 1 is 0.797 bits per heavy atom. The van der Waals surface area contributed by atoms with Gasteiger partial charge in [-0.3, -0.25) is 19.0 Å². The van der Waals surface area contributed by atoms with Gasteiger partial charge in [-0.15, -0.1) is 0 Å². The summed E-state index contributed by atoms with van der Waals surface area (Å²) in [6, 6.07) is 14.1. The lowest BCUT2D eigenvalue weighted by Crippen LogP contribution is -2.47. The predicted octanol–water partition coefficient (Wildman–Crippen LogP) is 9.31. The quantitative estimate of drug-likeness (QED) is 0.0537. The van der Waals surface area contributed by atoms with Crippen molar-refractivity contribution < 1.29 is 33.3 Å². The number of anilines is 1. The van der Waals surface area contributed by atoms with E-state index in [0.717, 1.165) is 35.3 Å². The number of ether oxygens (including phenoxy) is 4. The van der Waals surface area contributed by atoms with Gasteiger partial charge in [-0.1, -0.05) is 128 Å². The number of benzene rings is 2. The van der Waals surface area contributed by atoms with Crippen LogP contribution in [-0.2, 0) is 30.4 Å². The standard InChI is InChI=1S/C47H68N4O8/c1-4-5-6-7-8-9-10-11-12-13-14-15-16-17-18-22-29-56-41-31-38(30-36(2)37(41)3)34-57-44(52)25-26-45(53)58-35-40-32-48-33-43(59-40)51-28-27-42(50-47(51)55)49-46(54)39-23-20-19-21-24-39/h19-21,23-24,27-28,30-31,40,43,48H,4-18,22,25-26,29,32-35H2,1-3H3,(H,49,50,54,55). The number of nitrogens with zero attached hydrogens (tertiary/aromatic N) is 2. The lowest BCUT2D eigenvalue weighted by Gasteiger charge is -2.31. The maximum absolute atomic E-state index is 12.8. The molecule has 4 rings (SSSR count). The van der Waals surface area contributed by atoms with E-state index in [1.165, 1.54) is 107 Å². The summed E-state index contributed by atoms with van der Waals surface area (Å²) >= 11 is 0. The summed E-state index contributed by atoms with van der Waals surface area (Å²) in [5.74, 6) is -0.496. The van der Waals surface area contributed by atoms with E-state index in [2.05, 4.69) is 22.5 Å². The summed E-state index contributed by atoms with van der Waals surface area (Å²) in [5.41, 5.74) is 2.82. The van der Waals surface area contributed by atoms with Crippen molar-refractivity contribution in [3.63, 3.8) is 0 Å². The summed E-state index contributed by atoms with van der Waals surface area (Å²) in [7, 11) is 0. The van der Waals surface area contributed by atoms with Crippen molar-refractivity contribution in [3.05, 3.63) is 87.5 Å². The van der Waals surface area contributed by atoms with Crippen LogP contribution >= 0.6 is 0 Å². The van der Waals surface area contributed by atoms with Crippen molar-refractivity contribution in [2.24, 2.45) is 0 Å². The monoisotopic (exact) mass is 817 g/mol. The lowest BCUT2D eigenvalue weighted by atomic mass is 10.0. The van der Waals surface area contributed by atoms with Gasteiger partial charge in [-0.05, 0) is 61.2 Å². The highest BCUT2D eigenvalue weighted by Crippen LogP contribution is 2.25. The molecule has 1 saturated heterocycles. The minimum absolute atomic E-state index is 0.0599. The molecule has 1 fully saturated rings. The van der Waals surface area contributed by atoms with Gasteiger partial charge in [0.25, 0.3) is 5.91 Å². The normalized spacial score (nSPS) is 15.1. The molecule has 2 unspecified atom stereocenters. The van der Waals surface area contributed by atoms with E-state index in [4.69, 9.17) is 18.9 Å². The van der Waals surface area contributed by atoms with Crippen LogP contribution in [-0.4, -0.2) is 59.8 Å². The van der Waals surface area contributed by atoms with E-state index in [-0.39, 0.29) is 37.8 Å². The van der Waals surface area contributed by atoms with Crippen LogP contribution in [0.25, 0.3) is 0 Å². The van der Waals surface area contributed by atoms with Crippen molar-refractivity contribution >= 4 is 23.7 Å². The molecule has 0 bridgehead atoms. The van der Waals surface area contributed by atoms with E-state index in [9.17, 15) is 19.2 Å². The first-order chi connectivity index (χ1) is 28.7. The molecular formula is C47H68N4O8. The average molecular weight is 817 g/mol. The van der Waals surface area contributed by atoms with Crippen LogP contribution in [0.5, 0.6) is 5.75 Å². The number of hydrogen-bond acceptors (Lipinski definition) is 10. The molecule has 3 aromatic rings. The van der Waals surface area contributed by atoms with Crippen molar-refractivity contribution in [1.82, 2.24) is 14.9 Å². The van der Waals surface area contributed by atoms with Crippen molar-refractivity contribution in [1.29, 1.82) is 0 Å². The molecule has 2 heterocycles.